The van der Waals surface area contributed by atoms with Gasteiger partial charge < -0.3 is 34.1 Å². The first-order valence-electron chi connectivity index (χ1n) is 13.6. The number of aliphatic carboxylic acids is 2. The van der Waals surface area contributed by atoms with E-state index in [1.165, 1.54) is 5.56 Å². The molecular weight excluding hydrogens is 534 g/mol. The highest BCUT2D eigenvalue weighted by molar-refractivity contribution is 6.27. The molecule has 0 aliphatic carbocycles. The molecule has 2 aromatic carbocycles. The molecule has 5 rings (SSSR count). The number of benzene rings is 2. The van der Waals surface area contributed by atoms with E-state index in [1.54, 1.807) is 14.2 Å². The zero-order valence-corrected chi connectivity index (χ0v) is 23.4. The van der Waals surface area contributed by atoms with Gasteiger partial charge in [0.25, 0.3) is 0 Å². The average Bonchev–Trinajstić information content (AvgIpc) is 3.46. The lowest BCUT2D eigenvalue weighted by Crippen LogP contribution is -2.51. The van der Waals surface area contributed by atoms with Crippen molar-refractivity contribution in [2.24, 2.45) is 5.92 Å². The predicted molar refractivity (Wildman–Crippen MR) is 147 cm³/mol. The first kappa shape index (κ1) is 29.9. The van der Waals surface area contributed by atoms with E-state index in [-0.39, 0.29) is 5.92 Å². The largest absolute Gasteiger partial charge is 0.497 e. The summed E-state index contributed by atoms with van der Waals surface area (Å²) in [5, 5.41) is 14.8. The van der Waals surface area contributed by atoms with E-state index < -0.39 is 11.9 Å². The fourth-order valence-corrected chi connectivity index (χ4v) is 5.24. The van der Waals surface area contributed by atoms with Gasteiger partial charge in [0.05, 0.1) is 14.2 Å². The Kier molecular flexibility index (Phi) is 10.3. The summed E-state index contributed by atoms with van der Waals surface area (Å²) in [6.45, 7) is 7.24. The van der Waals surface area contributed by atoms with Crippen molar-refractivity contribution in [2.75, 3.05) is 60.3 Å². The van der Waals surface area contributed by atoms with E-state index in [4.69, 9.17) is 38.7 Å². The van der Waals surface area contributed by atoms with Crippen molar-refractivity contribution in [2.45, 2.75) is 25.9 Å². The van der Waals surface area contributed by atoms with Gasteiger partial charge in [-0.2, -0.15) is 0 Å². The second-order valence-electron chi connectivity index (χ2n) is 10.1. The van der Waals surface area contributed by atoms with E-state index in [1.807, 2.05) is 18.2 Å². The fourth-order valence-electron chi connectivity index (χ4n) is 5.24. The summed E-state index contributed by atoms with van der Waals surface area (Å²) in [6, 6.07) is 12.1. The van der Waals surface area contributed by atoms with E-state index in [2.05, 4.69) is 32.9 Å². The average molecular weight is 572 g/mol. The number of carbonyl (C=O) groups is 3. The molecule has 0 unspecified atom stereocenters. The smallest absolute Gasteiger partial charge is 0.414 e. The quantitative estimate of drug-likeness (QED) is 0.473. The van der Waals surface area contributed by atoms with Crippen molar-refractivity contribution in [3.63, 3.8) is 0 Å². The lowest BCUT2D eigenvalue weighted by molar-refractivity contribution is -0.159. The van der Waals surface area contributed by atoms with Crippen LogP contribution in [0.25, 0.3) is 0 Å². The molecule has 12 heteroatoms. The van der Waals surface area contributed by atoms with Gasteiger partial charge in [-0.3, -0.25) is 14.6 Å². The molecule has 2 aromatic rings. The molecule has 3 heterocycles. The number of piperidine rings is 1. The van der Waals surface area contributed by atoms with Crippen LogP contribution in [0, 0.1) is 5.92 Å². The van der Waals surface area contributed by atoms with Crippen molar-refractivity contribution in [1.82, 2.24) is 14.7 Å². The fraction of sp³-hybridized carbons (Fsp3) is 0.483. The number of hydrogen-bond acceptors (Lipinski definition) is 9. The molecular formula is C29H37N3O9. The van der Waals surface area contributed by atoms with Gasteiger partial charge in [-0.05, 0) is 49.7 Å². The number of nitrogens with zero attached hydrogens (tertiary/aromatic N) is 3. The highest BCUT2D eigenvalue weighted by Gasteiger charge is 2.31. The number of carboxylic acid groups (broad SMARTS) is 2. The molecule has 222 valence electrons. The maximum absolute atomic E-state index is 13.2. The van der Waals surface area contributed by atoms with Gasteiger partial charge in [0.2, 0.25) is 12.7 Å². The first-order valence-corrected chi connectivity index (χ1v) is 13.6. The van der Waals surface area contributed by atoms with E-state index >= 15 is 0 Å². The maximum Gasteiger partial charge on any atom is 0.414 e. The van der Waals surface area contributed by atoms with Gasteiger partial charge in [-0.25, -0.2) is 9.59 Å². The van der Waals surface area contributed by atoms with Gasteiger partial charge in [-0.15, -0.1) is 0 Å². The van der Waals surface area contributed by atoms with Gasteiger partial charge >= 0.3 is 11.9 Å². The molecule has 0 spiro atoms. The summed E-state index contributed by atoms with van der Waals surface area (Å²) in [5.74, 6) is 0.0994. The van der Waals surface area contributed by atoms with Crippen LogP contribution in [0.1, 0.15) is 24.0 Å². The van der Waals surface area contributed by atoms with Crippen LogP contribution < -0.4 is 18.9 Å². The monoisotopic (exact) mass is 571 g/mol. The van der Waals surface area contributed by atoms with Crippen LogP contribution in [-0.2, 0) is 27.5 Å². The molecule has 3 aliphatic heterocycles. The van der Waals surface area contributed by atoms with Crippen molar-refractivity contribution in [3.05, 3.63) is 47.5 Å². The van der Waals surface area contributed by atoms with E-state index in [0.29, 0.717) is 12.7 Å². The second-order valence-corrected chi connectivity index (χ2v) is 10.1. The number of methoxy groups -OCH3 is 2. The molecule has 2 saturated heterocycles. The minimum Gasteiger partial charge on any atom is -0.497 e. The van der Waals surface area contributed by atoms with Gasteiger partial charge in [0, 0.05) is 56.8 Å². The number of hydrogen-bond donors (Lipinski definition) is 2. The number of carbonyl (C=O) groups excluding carboxylic acids is 1. The van der Waals surface area contributed by atoms with Gasteiger partial charge in [0.15, 0.2) is 11.5 Å². The van der Waals surface area contributed by atoms with Crippen molar-refractivity contribution < 1.29 is 43.5 Å². The minimum absolute atomic E-state index is 0.129. The summed E-state index contributed by atoms with van der Waals surface area (Å²) in [4.78, 5) is 38.3. The van der Waals surface area contributed by atoms with Crippen LogP contribution in [0.3, 0.4) is 0 Å². The molecule has 1 amide bonds. The Morgan fingerprint density at radius 3 is 2.10 bits per heavy atom. The molecule has 0 radical (unpaired) electrons. The third-order valence-electron chi connectivity index (χ3n) is 7.54. The zero-order chi connectivity index (χ0) is 29.4. The van der Waals surface area contributed by atoms with Crippen LogP contribution in [0.5, 0.6) is 23.0 Å². The highest BCUT2D eigenvalue weighted by Crippen LogP contribution is 2.33. The predicted octanol–water partition coefficient (Wildman–Crippen LogP) is 2.14. The third-order valence-corrected chi connectivity index (χ3v) is 7.54. The Morgan fingerprint density at radius 1 is 0.805 bits per heavy atom. The summed E-state index contributed by atoms with van der Waals surface area (Å²) in [6.07, 6.45) is 1.82. The van der Waals surface area contributed by atoms with Gasteiger partial charge in [-0.1, -0.05) is 12.1 Å². The molecule has 2 N–H and O–H groups in total. The normalized spacial score (nSPS) is 17.4. The number of amides is 1. The van der Waals surface area contributed by atoms with Crippen molar-refractivity contribution >= 4 is 17.8 Å². The number of piperazine rings is 1. The number of fused-ring (bicyclic) bond motifs is 1. The Bertz CT molecular complexity index is 1210. The summed E-state index contributed by atoms with van der Waals surface area (Å²) >= 11 is 0. The molecule has 12 nitrogen and oxygen atoms in total. The highest BCUT2D eigenvalue weighted by atomic mass is 16.7. The molecule has 0 saturated carbocycles. The molecule has 0 bridgehead atoms. The third kappa shape index (κ3) is 8.01. The lowest BCUT2D eigenvalue weighted by atomic mass is 9.94. The second kappa shape index (κ2) is 14.0. The van der Waals surface area contributed by atoms with Crippen LogP contribution >= 0.6 is 0 Å². The standard InChI is InChI=1S/C27H35N3O5.C2H2O4/c1-32-23-5-4-22(25(16-23)33-2)18-28-9-7-21(8-10-28)27(31)30-13-11-29(12-14-30)17-20-3-6-24-26(15-20)35-19-34-24;3-1(4)2(5)6/h3-6,15-16,21H,7-14,17-19H2,1-2H3;(H,3,4)(H,5,6). The lowest BCUT2D eigenvalue weighted by Gasteiger charge is -2.38. The first-order chi connectivity index (χ1) is 19.8. The molecule has 3 aliphatic rings. The zero-order valence-electron chi connectivity index (χ0n) is 23.4. The maximum atomic E-state index is 13.2. The van der Waals surface area contributed by atoms with Crippen LogP contribution in [0.15, 0.2) is 36.4 Å². The van der Waals surface area contributed by atoms with E-state index in [9.17, 15) is 4.79 Å². The number of carboxylic acids is 2. The van der Waals surface area contributed by atoms with Crippen LogP contribution in [0.2, 0.25) is 0 Å². The number of likely N-dealkylation sites (tertiary alicyclic amines) is 1. The van der Waals surface area contributed by atoms with Crippen LogP contribution in [-0.4, -0.2) is 103 Å². The Labute approximate surface area is 238 Å². The van der Waals surface area contributed by atoms with Crippen molar-refractivity contribution in [3.8, 4) is 23.0 Å². The molecule has 0 atom stereocenters. The minimum atomic E-state index is -1.82. The SMILES string of the molecule is COc1ccc(CN2CCC(C(=O)N3CCN(Cc4ccc5c(c4)OCO5)CC3)CC2)c(OC)c1.O=C(O)C(=O)O. The molecule has 0 aromatic heterocycles. The Morgan fingerprint density at radius 2 is 1.46 bits per heavy atom. The Balaban J connectivity index is 0.000000585. The van der Waals surface area contributed by atoms with E-state index in [0.717, 1.165) is 93.8 Å². The molecule has 41 heavy (non-hydrogen) atoms. The van der Waals surface area contributed by atoms with Crippen LogP contribution in [0.4, 0.5) is 0 Å². The summed E-state index contributed by atoms with van der Waals surface area (Å²) < 4.78 is 21.8. The topological polar surface area (TPSA) is 138 Å². The van der Waals surface area contributed by atoms with Crippen molar-refractivity contribution in [1.29, 1.82) is 0 Å². The van der Waals surface area contributed by atoms with Gasteiger partial charge in [0.1, 0.15) is 11.5 Å². The summed E-state index contributed by atoms with van der Waals surface area (Å²) in [5.41, 5.74) is 2.37. The summed E-state index contributed by atoms with van der Waals surface area (Å²) in [7, 11) is 3.35. The molecule has 2 fully saturated rings. The number of ether oxygens (including phenoxy) is 4. The number of rotatable bonds is 7. The Hall–Kier alpha value is -4.03.